The van der Waals surface area contributed by atoms with Crippen LogP contribution in [-0.2, 0) is 12.7 Å². The van der Waals surface area contributed by atoms with Crippen molar-refractivity contribution in [1.29, 1.82) is 0 Å². The minimum atomic E-state index is -4.59. The number of nitrogens with zero attached hydrogens (tertiary/aromatic N) is 2. The van der Waals surface area contributed by atoms with Gasteiger partial charge in [-0.15, -0.1) is 0 Å². The summed E-state index contributed by atoms with van der Waals surface area (Å²) in [6.45, 7) is 1.25. The lowest BCUT2D eigenvalue weighted by atomic mass is 10.1. The van der Waals surface area contributed by atoms with Crippen molar-refractivity contribution in [2.24, 2.45) is 0 Å². The number of nitrogens with two attached hydrogens (primary N) is 1. The summed E-state index contributed by atoms with van der Waals surface area (Å²) in [6, 6.07) is 12.7. The predicted molar refractivity (Wildman–Crippen MR) is 96.0 cm³/mol. The molecule has 0 atom stereocenters. The van der Waals surface area contributed by atoms with Crippen molar-refractivity contribution in [1.82, 2.24) is 9.13 Å². The third-order valence-corrected chi connectivity index (χ3v) is 4.23. The zero-order valence-electron chi connectivity index (χ0n) is 14.3. The standard InChI is InChI=1S/C19H16F3N3O2/c1-12-6-2-5-9-15(12)25-16(23)10-17(26)24(18(25)27)11-13-7-3-4-8-14(13)19(20,21)22/h2-10H,11,23H2,1H3. The van der Waals surface area contributed by atoms with Gasteiger partial charge in [0.25, 0.3) is 5.56 Å². The third kappa shape index (κ3) is 3.51. The molecule has 2 N–H and O–H groups in total. The Morgan fingerprint density at radius 3 is 2.30 bits per heavy atom. The lowest BCUT2D eigenvalue weighted by molar-refractivity contribution is -0.138. The number of anilines is 1. The predicted octanol–water partition coefficient (Wildman–Crippen LogP) is 2.96. The quantitative estimate of drug-likeness (QED) is 0.765. The fourth-order valence-corrected chi connectivity index (χ4v) is 2.90. The maximum absolute atomic E-state index is 13.2. The van der Waals surface area contributed by atoms with E-state index >= 15 is 0 Å². The minimum absolute atomic E-state index is 0.0837. The van der Waals surface area contributed by atoms with Crippen LogP contribution in [-0.4, -0.2) is 9.13 Å². The van der Waals surface area contributed by atoms with Gasteiger partial charge in [-0.2, -0.15) is 13.2 Å². The van der Waals surface area contributed by atoms with Crippen molar-refractivity contribution < 1.29 is 13.2 Å². The number of benzene rings is 2. The maximum atomic E-state index is 13.2. The zero-order valence-corrected chi connectivity index (χ0v) is 14.3. The second-order valence-corrected chi connectivity index (χ2v) is 6.05. The van der Waals surface area contributed by atoms with Gasteiger partial charge in [0.2, 0.25) is 0 Å². The smallest absolute Gasteiger partial charge is 0.385 e. The number of hydrogen-bond acceptors (Lipinski definition) is 3. The van der Waals surface area contributed by atoms with Crippen LogP contribution in [0.15, 0.2) is 64.2 Å². The molecule has 0 saturated carbocycles. The summed E-state index contributed by atoms with van der Waals surface area (Å²) in [7, 11) is 0. The highest BCUT2D eigenvalue weighted by atomic mass is 19.4. The van der Waals surface area contributed by atoms with Crippen molar-refractivity contribution in [3.63, 3.8) is 0 Å². The van der Waals surface area contributed by atoms with Crippen molar-refractivity contribution in [3.8, 4) is 5.69 Å². The van der Waals surface area contributed by atoms with Crippen LogP contribution >= 0.6 is 0 Å². The van der Waals surface area contributed by atoms with Gasteiger partial charge in [0, 0.05) is 6.07 Å². The SMILES string of the molecule is Cc1ccccc1-n1c(N)cc(=O)n(Cc2ccccc2C(F)(F)F)c1=O. The van der Waals surface area contributed by atoms with Crippen LogP contribution in [0.4, 0.5) is 19.0 Å². The summed E-state index contributed by atoms with van der Waals surface area (Å²) in [5.74, 6) is -0.0837. The Balaban J connectivity index is 2.20. The van der Waals surface area contributed by atoms with Gasteiger partial charge in [-0.1, -0.05) is 36.4 Å². The number of rotatable bonds is 3. The van der Waals surface area contributed by atoms with E-state index in [1.165, 1.54) is 18.2 Å². The van der Waals surface area contributed by atoms with Gasteiger partial charge in [0.1, 0.15) is 5.82 Å². The number of alkyl halides is 3. The molecular formula is C19H16F3N3O2. The van der Waals surface area contributed by atoms with Crippen LogP contribution in [0.1, 0.15) is 16.7 Å². The van der Waals surface area contributed by atoms with Crippen molar-refractivity contribution in [2.75, 3.05) is 5.73 Å². The van der Waals surface area contributed by atoms with Crippen LogP contribution in [0, 0.1) is 6.92 Å². The van der Waals surface area contributed by atoms with E-state index in [9.17, 15) is 22.8 Å². The molecule has 8 heteroatoms. The van der Waals surface area contributed by atoms with Crippen molar-refractivity contribution in [3.05, 3.63) is 92.1 Å². The van der Waals surface area contributed by atoms with E-state index in [1.54, 1.807) is 31.2 Å². The fraction of sp³-hybridized carbons (Fsp3) is 0.158. The molecule has 140 valence electrons. The van der Waals surface area contributed by atoms with Gasteiger partial charge in [-0.25, -0.2) is 9.36 Å². The van der Waals surface area contributed by atoms with E-state index in [0.29, 0.717) is 5.69 Å². The molecule has 0 fully saturated rings. The Labute approximate surface area is 152 Å². The first kappa shape index (κ1) is 18.5. The molecule has 1 aromatic heterocycles. The number of nitrogen functional groups attached to an aromatic ring is 1. The Bertz CT molecular complexity index is 1110. The number of para-hydroxylation sites is 1. The summed E-state index contributed by atoms with van der Waals surface area (Å²) in [6.07, 6.45) is -4.59. The Hall–Kier alpha value is -3.29. The number of hydrogen-bond donors (Lipinski definition) is 1. The zero-order chi connectivity index (χ0) is 19.8. The molecule has 3 aromatic rings. The van der Waals surface area contributed by atoms with E-state index in [2.05, 4.69) is 0 Å². The van der Waals surface area contributed by atoms with Crippen LogP contribution in [0.2, 0.25) is 0 Å². The molecule has 27 heavy (non-hydrogen) atoms. The highest BCUT2D eigenvalue weighted by Crippen LogP contribution is 2.32. The Morgan fingerprint density at radius 1 is 1.00 bits per heavy atom. The molecule has 0 bridgehead atoms. The summed E-state index contributed by atoms with van der Waals surface area (Å²) >= 11 is 0. The summed E-state index contributed by atoms with van der Waals surface area (Å²) in [5.41, 5.74) is 4.41. The van der Waals surface area contributed by atoms with E-state index in [-0.39, 0.29) is 11.4 Å². The second kappa shape index (κ2) is 6.79. The van der Waals surface area contributed by atoms with Crippen LogP contribution < -0.4 is 17.0 Å². The molecule has 3 rings (SSSR count). The first-order chi connectivity index (χ1) is 12.7. The maximum Gasteiger partial charge on any atom is 0.416 e. The molecule has 5 nitrogen and oxygen atoms in total. The molecule has 0 amide bonds. The van der Waals surface area contributed by atoms with Crippen LogP contribution in [0.3, 0.4) is 0 Å². The Morgan fingerprint density at radius 2 is 1.63 bits per heavy atom. The molecular weight excluding hydrogens is 359 g/mol. The summed E-state index contributed by atoms with van der Waals surface area (Å²) in [5, 5.41) is 0. The number of halogens is 3. The van der Waals surface area contributed by atoms with E-state index in [4.69, 9.17) is 5.73 Å². The summed E-state index contributed by atoms with van der Waals surface area (Å²) < 4.78 is 41.5. The first-order valence-electron chi connectivity index (χ1n) is 8.03. The van der Waals surface area contributed by atoms with Gasteiger partial charge in [0.15, 0.2) is 0 Å². The topological polar surface area (TPSA) is 70.0 Å². The molecule has 0 aliphatic carbocycles. The molecule has 0 unspecified atom stereocenters. The normalized spacial score (nSPS) is 11.6. The highest BCUT2D eigenvalue weighted by Gasteiger charge is 2.33. The largest absolute Gasteiger partial charge is 0.416 e. The monoisotopic (exact) mass is 375 g/mol. The molecule has 2 aromatic carbocycles. The van der Waals surface area contributed by atoms with Crippen LogP contribution in [0.5, 0.6) is 0 Å². The van der Waals surface area contributed by atoms with Gasteiger partial charge in [-0.3, -0.25) is 9.36 Å². The molecule has 0 aliphatic rings. The molecule has 1 heterocycles. The number of aryl methyl sites for hydroxylation is 1. The average Bonchev–Trinajstić information content (AvgIpc) is 2.59. The van der Waals surface area contributed by atoms with Gasteiger partial charge in [-0.05, 0) is 30.2 Å². The third-order valence-electron chi connectivity index (χ3n) is 4.23. The van der Waals surface area contributed by atoms with E-state index in [1.807, 2.05) is 0 Å². The van der Waals surface area contributed by atoms with Gasteiger partial charge < -0.3 is 5.73 Å². The van der Waals surface area contributed by atoms with Crippen molar-refractivity contribution >= 4 is 5.82 Å². The Kier molecular flexibility index (Phi) is 4.65. The first-order valence-corrected chi connectivity index (χ1v) is 8.03. The van der Waals surface area contributed by atoms with E-state index in [0.717, 1.165) is 26.8 Å². The van der Waals surface area contributed by atoms with E-state index < -0.39 is 29.5 Å². The van der Waals surface area contributed by atoms with Gasteiger partial charge in [0.05, 0.1) is 17.8 Å². The molecule has 0 saturated heterocycles. The number of aromatic nitrogens is 2. The van der Waals surface area contributed by atoms with Gasteiger partial charge >= 0.3 is 11.9 Å². The molecule has 0 radical (unpaired) electrons. The van der Waals surface area contributed by atoms with Crippen LogP contribution in [0.25, 0.3) is 5.69 Å². The lowest BCUT2D eigenvalue weighted by Crippen LogP contribution is -2.40. The second-order valence-electron chi connectivity index (χ2n) is 6.05. The minimum Gasteiger partial charge on any atom is -0.385 e. The molecule has 0 spiro atoms. The van der Waals surface area contributed by atoms with Crippen molar-refractivity contribution in [2.45, 2.75) is 19.6 Å². The molecule has 0 aliphatic heterocycles. The average molecular weight is 375 g/mol. The highest BCUT2D eigenvalue weighted by molar-refractivity contribution is 5.46. The lowest BCUT2D eigenvalue weighted by Gasteiger charge is -2.16. The summed E-state index contributed by atoms with van der Waals surface area (Å²) in [4.78, 5) is 25.2. The fourth-order valence-electron chi connectivity index (χ4n) is 2.90.